The van der Waals surface area contributed by atoms with Crippen LogP contribution in [0.25, 0.3) is 11.1 Å². The molecule has 1 unspecified atom stereocenters. The first-order valence-electron chi connectivity index (χ1n) is 13.1. The van der Waals surface area contributed by atoms with Gasteiger partial charge in [-0.2, -0.15) is 0 Å². The van der Waals surface area contributed by atoms with Gasteiger partial charge in [0.05, 0.1) is 19.8 Å². The van der Waals surface area contributed by atoms with Crippen molar-refractivity contribution < 1.29 is 28.5 Å². The number of methoxy groups -OCH3 is 1. The number of nitrogens with one attached hydrogen (secondary N) is 1. The van der Waals surface area contributed by atoms with Gasteiger partial charge in [-0.15, -0.1) is 0 Å². The van der Waals surface area contributed by atoms with Crippen LogP contribution in [0.2, 0.25) is 0 Å². The van der Waals surface area contributed by atoms with Gasteiger partial charge in [0.15, 0.2) is 0 Å². The second-order valence-electron chi connectivity index (χ2n) is 10.6. The summed E-state index contributed by atoms with van der Waals surface area (Å²) >= 11 is 0. The molecule has 1 saturated carbocycles. The van der Waals surface area contributed by atoms with E-state index in [4.69, 9.17) is 18.9 Å². The van der Waals surface area contributed by atoms with E-state index in [1.807, 2.05) is 36.4 Å². The maximum Gasteiger partial charge on any atom is 0.409 e. The number of fused-ring (bicyclic) bond motifs is 1. The van der Waals surface area contributed by atoms with Crippen molar-refractivity contribution in [1.82, 2.24) is 10.2 Å². The molecule has 0 radical (unpaired) electrons. The summed E-state index contributed by atoms with van der Waals surface area (Å²) in [5.41, 5.74) is 3.89. The van der Waals surface area contributed by atoms with E-state index in [9.17, 15) is 9.59 Å². The number of nitrogens with zero attached hydrogens (tertiary/aromatic N) is 1. The van der Waals surface area contributed by atoms with Crippen LogP contribution >= 0.6 is 0 Å². The molecule has 2 fully saturated rings. The molecule has 1 saturated heterocycles. The van der Waals surface area contributed by atoms with Crippen molar-refractivity contribution >= 4 is 12.0 Å². The minimum Gasteiger partial charge on any atom is -0.464 e. The fourth-order valence-corrected chi connectivity index (χ4v) is 4.77. The van der Waals surface area contributed by atoms with Crippen molar-refractivity contribution in [3.05, 3.63) is 53.6 Å². The van der Waals surface area contributed by atoms with Crippen LogP contribution in [0.4, 0.5) is 4.79 Å². The van der Waals surface area contributed by atoms with Gasteiger partial charge < -0.3 is 29.2 Å². The third-order valence-corrected chi connectivity index (χ3v) is 7.61. The Labute approximate surface area is 218 Å². The number of carbonyl (C=O) groups excluding carboxylic acids is 2. The van der Waals surface area contributed by atoms with Crippen molar-refractivity contribution in [3.63, 3.8) is 0 Å². The molecule has 37 heavy (non-hydrogen) atoms. The summed E-state index contributed by atoms with van der Waals surface area (Å²) in [5, 5.41) is 2.83. The third-order valence-electron chi connectivity index (χ3n) is 7.61. The maximum atomic E-state index is 12.4. The Bertz CT molecular complexity index is 1110. The van der Waals surface area contributed by atoms with Crippen LogP contribution in [0.3, 0.4) is 0 Å². The lowest BCUT2D eigenvalue weighted by Crippen LogP contribution is -2.44. The molecule has 0 spiro atoms. The zero-order chi connectivity index (χ0) is 25.8. The smallest absolute Gasteiger partial charge is 0.409 e. The lowest BCUT2D eigenvalue weighted by molar-refractivity contribution is -0.148. The standard InChI is InChI=1S/C29H36N2O6/c1-29(11-12-29)19-36-28(33)31-14-9-22(10-15-31)27-35-18-24-17-23(7-8-25(24)37-27)20-3-5-21(6-4-20)26(32)30-13-16-34-2/h3-8,17,22,27H,9-16,18-19H2,1-2H3,(H,30,32). The highest BCUT2D eigenvalue weighted by molar-refractivity contribution is 5.94. The molecular weight excluding hydrogens is 472 g/mol. The van der Waals surface area contributed by atoms with Crippen molar-refractivity contribution in [2.45, 2.75) is 45.5 Å². The Kier molecular flexibility index (Phi) is 7.67. The van der Waals surface area contributed by atoms with Crippen LogP contribution in [0.15, 0.2) is 42.5 Å². The van der Waals surface area contributed by atoms with Gasteiger partial charge in [0.1, 0.15) is 5.75 Å². The average Bonchev–Trinajstić information content (AvgIpc) is 3.68. The molecule has 2 aromatic carbocycles. The lowest BCUT2D eigenvalue weighted by atomic mass is 9.95. The predicted octanol–water partition coefficient (Wildman–Crippen LogP) is 4.61. The molecule has 1 N–H and O–H groups in total. The molecule has 8 heteroatoms. The van der Waals surface area contributed by atoms with E-state index < -0.39 is 0 Å². The summed E-state index contributed by atoms with van der Waals surface area (Å²) in [6.07, 6.45) is 3.43. The first-order chi connectivity index (χ1) is 17.9. The second kappa shape index (κ2) is 11.1. The normalized spacial score (nSPS) is 20.5. The number of amides is 2. The molecule has 0 aromatic heterocycles. The third kappa shape index (κ3) is 6.25. The van der Waals surface area contributed by atoms with Gasteiger partial charge in [0.25, 0.3) is 5.91 Å². The fraction of sp³-hybridized carbons (Fsp3) is 0.517. The molecule has 3 aliphatic rings. The van der Waals surface area contributed by atoms with Gasteiger partial charge in [-0.3, -0.25) is 4.79 Å². The number of rotatable bonds is 8. The van der Waals surface area contributed by atoms with Gasteiger partial charge in [-0.1, -0.05) is 25.1 Å². The highest BCUT2D eigenvalue weighted by Gasteiger charge is 2.39. The van der Waals surface area contributed by atoms with Crippen molar-refractivity contribution in [3.8, 4) is 16.9 Å². The van der Waals surface area contributed by atoms with E-state index >= 15 is 0 Å². The van der Waals surface area contributed by atoms with Crippen LogP contribution in [-0.4, -0.2) is 63.1 Å². The SMILES string of the molecule is COCCNC(=O)c1ccc(-c2ccc3c(c2)COC(C2CCN(C(=O)OCC4(C)CC4)CC2)O3)cc1. The van der Waals surface area contributed by atoms with E-state index in [0.717, 1.165) is 48.1 Å². The number of benzene rings is 2. The summed E-state index contributed by atoms with van der Waals surface area (Å²) in [5.74, 6) is 0.964. The molecule has 0 bridgehead atoms. The van der Waals surface area contributed by atoms with E-state index in [-0.39, 0.29) is 29.6 Å². The zero-order valence-corrected chi connectivity index (χ0v) is 21.7. The number of hydrogen-bond acceptors (Lipinski definition) is 6. The molecule has 2 aliphatic heterocycles. The molecule has 2 aromatic rings. The van der Waals surface area contributed by atoms with Crippen LogP contribution in [0.1, 0.15) is 48.5 Å². The monoisotopic (exact) mass is 508 g/mol. The van der Waals surface area contributed by atoms with Gasteiger partial charge in [-0.25, -0.2) is 4.79 Å². The van der Waals surface area contributed by atoms with E-state index in [2.05, 4.69) is 18.3 Å². The summed E-state index contributed by atoms with van der Waals surface area (Å²) < 4.78 is 22.8. The van der Waals surface area contributed by atoms with E-state index in [0.29, 0.717) is 45.0 Å². The molecule has 2 amide bonds. The van der Waals surface area contributed by atoms with Gasteiger partial charge in [0, 0.05) is 49.2 Å². The minimum atomic E-state index is -0.308. The molecule has 5 rings (SSSR count). The van der Waals surface area contributed by atoms with E-state index in [1.165, 1.54) is 0 Å². The van der Waals surface area contributed by atoms with Crippen molar-refractivity contribution in [2.24, 2.45) is 11.3 Å². The van der Waals surface area contributed by atoms with Crippen molar-refractivity contribution in [2.75, 3.05) is 40.0 Å². The Morgan fingerprint density at radius 3 is 2.51 bits per heavy atom. The summed E-state index contributed by atoms with van der Waals surface area (Å²) in [7, 11) is 1.61. The average molecular weight is 509 g/mol. The van der Waals surface area contributed by atoms with Gasteiger partial charge in [0.2, 0.25) is 6.29 Å². The second-order valence-corrected chi connectivity index (χ2v) is 10.6. The van der Waals surface area contributed by atoms with Crippen LogP contribution < -0.4 is 10.1 Å². The Morgan fingerprint density at radius 1 is 1.08 bits per heavy atom. The molecule has 1 aliphatic carbocycles. The quantitative estimate of drug-likeness (QED) is 0.524. The number of carbonyl (C=O) groups is 2. The highest BCUT2D eigenvalue weighted by Crippen LogP contribution is 2.45. The van der Waals surface area contributed by atoms with Crippen LogP contribution in [0.5, 0.6) is 5.75 Å². The first-order valence-corrected chi connectivity index (χ1v) is 13.1. The Balaban J connectivity index is 1.13. The topological polar surface area (TPSA) is 86.3 Å². The fourth-order valence-electron chi connectivity index (χ4n) is 4.77. The summed E-state index contributed by atoms with van der Waals surface area (Å²) in [6, 6.07) is 13.7. The first kappa shape index (κ1) is 25.5. The number of piperidine rings is 1. The van der Waals surface area contributed by atoms with Crippen molar-refractivity contribution in [1.29, 1.82) is 0 Å². The van der Waals surface area contributed by atoms with Gasteiger partial charge >= 0.3 is 6.09 Å². The molecule has 198 valence electrons. The Hall–Kier alpha value is -3.10. The van der Waals surface area contributed by atoms with Crippen LogP contribution in [-0.2, 0) is 20.8 Å². The minimum absolute atomic E-state index is 0.114. The number of hydrogen-bond donors (Lipinski definition) is 1. The van der Waals surface area contributed by atoms with Gasteiger partial charge in [-0.05, 0) is 61.1 Å². The zero-order valence-electron chi connectivity index (χ0n) is 21.7. The number of likely N-dealkylation sites (tertiary alicyclic amines) is 1. The van der Waals surface area contributed by atoms with E-state index in [1.54, 1.807) is 12.0 Å². The number of ether oxygens (including phenoxy) is 4. The van der Waals surface area contributed by atoms with Crippen LogP contribution in [0, 0.1) is 11.3 Å². The predicted molar refractivity (Wildman–Crippen MR) is 138 cm³/mol. The molecular formula is C29H36N2O6. The molecule has 2 heterocycles. The molecule has 8 nitrogen and oxygen atoms in total. The summed E-state index contributed by atoms with van der Waals surface area (Å²) in [6.45, 7) is 5.45. The maximum absolute atomic E-state index is 12.4. The molecule has 1 atom stereocenters. The Morgan fingerprint density at radius 2 is 1.81 bits per heavy atom. The lowest BCUT2D eigenvalue weighted by Gasteiger charge is -2.37. The summed E-state index contributed by atoms with van der Waals surface area (Å²) in [4.78, 5) is 26.4. The largest absolute Gasteiger partial charge is 0.464 e. The highest BCUT2D eigenvalue weighted by atomic mass is 16.7.